The molecular formula is C11H13N3O3S. The quantitative estimate of drug-likeness (QED) is 0.357. The Bertz CT molecular complexity index is 508. The Balaban J connectivity index is 2.19. The summed E-state index contributed by atoms with van der Waals surface area (Å²) in [5, 5.41) is 0. The van der Waals surface area contributed by atoms with Crippen molar-refractivity contribution < 1.29 is 14.4 Å². The third-order valence-corrected chi connectivity index (χ3v) is 3.95. The van der Waals surface area contributed by atoms with Gasteiger partial charge in [0.25, 0.3) is 5.91 Å². The molecule has 1 aromatic heterocycles. The second-order valence-electron chi connectivity index (χ2n) is 4.04. The van der Waals surface area contributed by atoms with Gasteiger partial charge < -0.3 is 0 Å². The molecule has 1 saturated heterocycles. The third kappa shape index (κ3) is 2.27. The van der Waals surface area contributed by atoms with Crippen LogP contribution in [0, 0.1) is 6.92 Å². The maximum atomic E-state index is 11.5. The Hall–Kier alpha value is -1.73. The number of likely N-dealkylation sites (tertiary alicyclic amines) is 1. The highest BCUT2D eigenvalue weighted by molar-refractivity contribution is 7.14. The van der Waals surface area contributed by atoms with E-state index < -0.39 is 0 Å². The van der Waals surface area contributed by atoms with Crippen LogP contribution in [0.2, 0.25) is 0 Å². The zero-order valence-electron chi connectivity index (χ0n) is 9.86. The third-order valence-electron chi connectivity index (χ3n) is 2.86. The molecule has 3 N–H and O–H groups in total. The minimum absolute atomic E-state index is 0.157. The van der Waals surface area contributed by atoms with Crippen LogP contribution in [0.15, 0.2) is 6.07 Å². The van der Waals surface area contributed by atoms with Crippen LogP contribution in [0.5, 0.6) is 0 Å². The number of thiophene rings is 1. The number of hydrogen-bond donors (Lipinski definition) is 2. The number of nitrogens with two attached hydrogens (primary N) is 1. The van der Waals surface area contributed by atoms with Crippen molar-refractivity contribution in [1.29, 1.82) is 0 Å². The molecular weight excluding hydrogens is 254 g/mol. The first-order valence-electron chi connectivity index (χ1n) is 5.46. The summed E-state index contributed by atoms with van der Waals surface area (Å²) >= 11 is 1.29. The number of nitrogens with one attached hydrogen (secondary N) is 1. The first-order chi connectivity index (χ1) is 8.52. The Morgan fingerprint density at radius 2 is 2.06 bits per heavy atom. The van der Waals surface area contributed by atoms with E-state index in [4.69, 9.17) is 5.84 Å². The first kappa shape index (κ1) is 12.7. The van der Waals surface area contributed by atoms with Crippen LogP contribution in [0.1, 0.15) is 33.0 Å². The summed E-state index contributed by atoms with van der Waals surface area (Å²) in [6, 6.07) is 1.67. The van der Waals surface area contributed by atoms with E-state index in [1.54, 1.807) is 6.07 Å². The molecule has 0 radical (unpaired) electrons. The van der Waals surface area contributed by atoms with E-state index in [9.17, 15) is 14.4 Å². The van der Waals surface area contributed by atoms with Crippen LogP contribution < -0.4 is 11.3 Å². The molecule has 2 rings (SSSR count). The molecule has 1 aromatic rings. The molecule has 1 aliphatic heterocycles. The molecule has 0 aromatic carbocycles. The lowest BCUT2D eigenvalue weighted by atomic mass is 10.2. The fraction of sp³-hybridized carbons (Fsp3) is 0.364. The molecule has 1 aliphatic rings. The van der Waals surface area contributed by atoms with E-state index in [-0.39, 0.29) is 37.1 Å². The maximum Gasteiger partial charge on any atom is 0.275 e. The molecule has 3 amide bonds. The van der Waals surface area contributed by atoms with Crippen molar-refractivity contribution in [1.82, 2.24) is 10.3 Å². The minimum atomic E-state index is -0.367. The monoisotopic (exact) mass is 267 g/mol. The van der Waals surface area contributed by atoms with E-state index >= 15 is 0 Å². The number of carbonyl (C=O) groups is 3. The normalized spacial score (nSPS) is 15.3. The maximum absolute atomic E-state index is 11.5. The lowest BCUT2D eigenvalue weighted by Crippen LogP contribution is -2.29. The Kier molecular flexibility index (Phi) is 3.44. The second kappa shape index (κ2) is 4.87. The van der Waals surface area contributed by atoms with E-state index in [0.717, 1.165) is 10.4 Å². The number of imide groups is 1. The summed E-state index contributed by atoms with van der Waals surface area (Å²) in [5.74, 6) is 4.38. The smallest absolute Gasteiger partial charge is 0.275 e. The van der Waals surface area contributed by atoms with Crippen molar-refractivity contribution in [2.75, 3.05) is 0 Å². The van der Waals surface area contributed by atoms with Gasteiger partial charge in [-0.3, -0.25) is 24.7 Å². The van der Waals surface area contributed by atoms with Crippen LogP contribution in [-0.2, 0) is 16.1 Å². The summed E-state index contributed by atoms with van der Waals surface area (Å²) in [7, 11) is 0. The number of hydrogen-bond acceptors (Lipinski definition) is 5. The highest BCUT2D eigenvalue weighted by Crippen LogP contribution is 2.25. The van der Waals surface area contributed by atoms with Crippen molar-refractivity contribution in [3.63, 3.8) is 0 Å². The van der Waals surface area contributed by atoms with Crippen LogP contribution >= 0.6 is 11.3 Å². The lowest BCUT2D eigenvalue weighted by Gasteiger charge is -2.12. The Morgan fingerprint density at radius 3 is 2.61 bits per heavy atom. The Morgan fingerprint density at radius 1 is 1.44 bits per heavy atom. The number of aryl methyl sites for hydroxylation is 1. The van der Waals surface area contributed by atoms with Gasteiger partial charge in [0.05, 0.1) is 11.4 Å². The van der Waals surface area contributed by atoms with E-state index in [0.29, 0.717) is 4.88 Å². The van der Waals surface area contributed by atoms with Gasteiger partial charge in [0.1, 0.15) is 0 Å². The highest BCUT2D eigenvalue weighted by Gasteiger charge is 2.29. The molecule has 0 atom stereocenters. The summed E-state index contributed by atoms with van der Waals surface area (Å²) in [6.45, 7) is 2.08. The summed E-state index contributed by atoms with van der Waals surface area (Å²) in [4.78, 5) is 37.0. The van der Waals surface area contributed by atoms with Gasteiger partial charge in [0, 0.05) is 17.7 Å². The summed E-state index contributed by atoms with van der Waals surface area (Å²) < 4.78 is 0. The van der Waals surface area contributed by atoms with Crippen LogP contribution in [0.4, 0.5) is 0 Å². The molecule has 0 unspecified atom stereocenters. The van der Waals surface area contributed by atoms with Crippen molar-refractivity contribution in [2.45, 2.75) is 26.3 Å². The van der Waals surface area contributed by atoms with Gasteiger partial charge in [-0.15, -0.1) is 11.3 Å². The van der Waals surface area contributed by atoms with Gasteiger partial charge in [0.2, 0.25) is 11.8 Å². The Labute approximate surface area is 108 Å². The summed E-state index contributed by atoms with van der Waals surface area (Å²) in [5.41, 5.74) is 2.86. The van der Waals surface area contributed by atoms with Crippen LogP contribution in [0.3, 0.4) is 0 Å². The van der Waals surface area contributed by atoms with E-state index in [2.05, 4.69) is 5.43 Å². The standard InChI is InChI=1S/C11H13N3O3S/c1-6-7(4-8(18-6)11(17)13-12)5-14-9(15)2-3-10(14)16/h4H,2-3,5,12H2,1H3,(H,13,17). The summed E-state index contributed by atoms with van der Waals surface area (Å²) in [6.07, 6.45) is 0.552. The number of carbonyl (C=O) groups excluding carboxylic acids is 3. The van der Waals surface area contributed by atoms with Crippen molar-refractivity contribution >= 4 is 29.1 Å². The fourth-order valence-corrected chi connectivity index (χ4v) is 2.77. The van der Waals surface area contributed by atoms with E-state index in [1.807, 2.05) is 6.92 Å². The van der Waals surface area contributed by atoms with Gasteiger partial charge in [-0.05, 0) is 18.6 Å². The van der Waals surface area contributed by atoms with Gasteiger partial charge in [-0.2, -0.15) is 0 Å². The molecule has 0 aliphatic carbocycles. The number of nitrogens with zero attached hydrogens (tertiary/aromatic N) is 1. The molecule has 7 heteroatoms. The van der Waals surface area contributed by atoms with Crippen LogP contribution in [-0.4, -0.2) is 22.6 Å². The van der Waals surface area contributed by atoms with Gasteiger partial charge in [-0.25, -0.2) is 5.84 Å². The number of rotatable bonds is 3. The predicted molar refractivity (Wildman–Crippen MR) is 65.5 cm³/mol. The van der Waals surface area contributed by atoms with Gasteiger partial charge in [-0.1, -0.05) is 0 Å². The molecule has 6 nitrogen and oxygen atoms in total. The molecule has 1 fully saturated rings. The van der Waals surface area contributed by atoms with Crippen LogP contribution in [0.25, 0.3) is 0 Å². The number of amides is 3. The fourth-order valence-electron chi connectivity index (χ4n) is 1.83. The number of nitrogen functional groups attached to an aromatic ring is 1. The predicted octanol–water partition coefficient (Wildman–Crippen LogP) is 0.309. The lowest BCUT2D eigenvalue weighted by molar-refractivity contribution is -0.139. The highest BCUT2D eigenvalue weighted by atomic mass is 32.1. The van der Waals surface area contributed by atoms with E-state index in [1.165, 1.54) is 16.2 Å². The van der Waals surface area contributed by atoms with Crippen molar-refractivity contribution in [2.24, 2.45) is 5.84 Å². The molecule has 2 heterocycles. The van der Waals surface area contributed by atoms with Gasteiger partial charge in [0.15, 0.2) is 0 Å². The molecule has 18 heavy (non-hydrogen) atoms. The molecule has 0 spiro atoms. The van der Waals surface area contributed by atoms with Crippen molar-refractivity contribution in [3.05, 3.63) is 21.4 Å². The molecule has 0 bridgehead atoms. The molecule has 0 saturated carbocycles. The average Bonchev–Trinajstić information content (AvgIpc) is 2.86. The zero-order valence-corrected chi connectivity index (χ0v) is 10.7. The van der Waals surface area contributed by atoms with Crippen molar-refractivity contribution in [3.8, 4) is 0 Å². The zero-order chi connectivity index (χ0) is 13.3. The second-order valence-corrected chi connectivity index (χ2v) is 5.30. The topological polar surface area (TPSA) is 92.5 Å². The minimum Gasteiger partial charge on any atom is -0.289 e. The average molecular weight is 267 g/mol. The first-order valence-corrected chi connectivity index (χ1v) is 6.28. The number of hydrazine groups is 1. The van der Waals surface area contributed by atoms with Gasteiger partial charge >= 0.3 is 0 Å². The molecule has 96 valence electrons. The largest absolute Gasteiger partial charge is 0.289 e. The SMILES string of the molecule is Cc1sc(C(=O)NN)cc1CN1C(=O)CCC1=O.